The van der Waals surface area contributed by atoms with Gasteiger partial charge in [0, 0.05) is 12.6 Å². The molecule has 0 saturated carbocycles. The van der Waals surface area contributed by atoms with Crippen molar-refractivity contribution < 1.29 is 8.42 Å². The van der Waals surface area contributed by atoms with Crippen molar-refractivity contribution in [3.8, 4) is 0 Å². The van der Waals surface area contributed by atoms with Gasteiger partial charge in [0.05, 0.1) is 15.8 Å². The Balaban J connectivity index is 2.08. The smallest absolute Gasteiger partial charge is 0.215 e. The lowest BCUT2D eigenvalue weighted by atomic mass is 10.1. The normalized spacial score (nSPS) is 13.3. The predicted octanol–water partition coefficient (Wildman–Crippen LogP) is 4.56. The second kappa shape index (κ2) is 9.35. The molecule has 2 aromatic rings. The number of benzene rings is 1. The molecule has 0 radical (unpaired) electrons. The summed E-state index contributed by atoms with van der Waals surface area (Å²) in [5, 5.41) is 4.84. The zero-order valence-electron chi connectivity index (χ0n) is 14.2. The lowest BCUT2D eigenvalue weighted by molar-refractivity contribution is 0.220. The Morgan fingerprint density at radius 2 is 1.88 bits per heavy atom. The summed E-state index contributed by atoms with van der Waals surface area (Å²) in [6.07, 6.45) is 0. The predicted molar refractivity (Wildman–Crippen MR) is 107 cm³/mol. The fourth-order valence-corrected chi connectivity index (χ4v) is 4.85. The molecule has 0 amide bonds. The van der Waals surface area contributed by atoms with Gasteiger partial charge in [0.1, 0.15) is 0 Å². The molecule has 0 spiro atoms. The minimum absolute atomic E-state index is 0.0184. The molecule has 138 valence electrons. The largest absolute Gasteiger partial charge is 0.296 e. The fraction of sp³-hybridized carbons (Fsp3) is 0.412. The summed E-state index contributed by atoms with van der Waals surface area (Å²) in [5.41, 5.74) is 1.74. The van der Waals surface area contributed by atoms with Crippen LogP contribution in [0.25, 0.3) is 0 Å². The zero-order valence-corrected chi connectivity index (χ0v) is 17.4. The van der Waals surface area contributed by atoms with Gasteiger partial charge in [-0.1, -0.05) is 43.1 Å². The van der Waals surface area contributed by atoms with Crippen LogP contribution in [0.2, 0.25) is 10.0 Å². The van der Waals surface area contributed by atoms with E-state index in [9.17, 15) is 8.42 Å². The van der Waals surface area contributed by atoms with Crippen molar-refractivity contribution in [2.75, 3.05) is 19.6 Å². The van der Waals surface area contributed by atoms with E-state index < -0.39 is 10.0 Å². The summed E-state index contributed by atoms with van der Waals surface area (Å²) in [7, 11) is -3.48. The average Bonchev–Trinajstić information content (AvgIpc) is 3.08. The molecular weight excluding hydrogens is 399 g/mol. The number of nitrogens with one attached hydrogen (secondary N) is 1. The molecule has 2 rings (SSSR count). The first-order chi connectivity index (χ1) is 11.9. The molecule has 0 aliphatic heterocycles. The molecule has 0 aliphatic carbocycles. The third-order valence-corrected chi connectivity index (χ3v) is 6.78. The summed E-state index contributed by atoms with van der Waals surface area (Å²) in [6.45, 7) is 6.19. The molecule has 1 unspecified atom stereocenters. The molecule has 0 fully saturated rings. The summed E-state index contributed by atoms with van der Waals surface area (Å²) in [5.74, 6) is -0.126. The van der Waals surface area contributed by atoms with E-state index >= 15 is 0 Å². The molecule has 0 aliphatic rings. The highest BCUT2D eigenvalue weighted by Gasteiger charge is 2.21. The van der Waals surface area contributed by atoms with Crippen molar-refractivity contribution in [1.82, 2.24) is 9.62 Å². The standard InChI is InChI=1S/C17H22Cl2N2O2S2/c1-3-21(4-2)17(14-7-8-24-11-14)10-20-25(22,23)12-13-5-6-15(18)16(19)9-13/h5-9,11,17,20H,3-4,10,12H2,1-2H3. The Hall–Kier alpha value is -0.630. The second-order valence-electron chi connectivity index (χ2n) is 5.65. The van der Waals surface area contributed by atoms with E-state index in [1.54, 1.807) is 29.5 Å². The molecule has 1 heterocycles. The highest BCUT2D eigenvalue weighted by Crippen LogP contribution is 2.24. The van der Waals surface area contributed by atoms with Crippen LogP contribution in [-0.2, 0) is 15.8 Å². The first kappa shape index (κ1) is 20.7. The first-order valence-electron chi connectivity index (χ1n) is 8.03. The molecule has 1 N–H and O–H groups in total. The number of nitrogens with zero attached hydrogens (tertiary/aromatic N) is 1. The Morgan fingerprint density at radius 3 is 2.44 bits per heavy atom. The van der Waals surface area contributed by atoms with Gasteiger partial charge in [0.2, 0.25) is 10.0 Å². The summed E-state index contributed by atoms with van der Waals surface area (Å²) in [6, 6.07) is 6.93. The summed E-state index contributed by atoms with van der Waals surface area (Å²) < 4.78 is 27.7. The van der Waals surface area contributed by atoms with Crippen LogP contribution >= 0.6 is 34.5 Å². The maximum absolute atomic E-state index is 12.5. The Bertz CT molecular complexity index is 776. The van der Waals surface area contributed by atoms with Gasteiger partial charge in [-0.25, -0.2) is 13.1 Å². The van der Waals surface area contributed by atoms with Gasteiger partial charge in [-0.05, 0) is 53.2 Å². The third kappa shape index (κ3) is 5.94. The number of rotatable bonds is 9. The molecule has 1 aromatic heterocycles. The molecule has 0 saturated heterocycles. The van der Waals surface area contributed by atoms with E-state index in [0.717, 1.165) is 18.7 Å². The number of hydrogen-bond donors (Lipinski definition) is 1. The van der Waals surface area contributed by atoms with Crippen LogP contribution in [0.15, 0.2) is 35.0 Å². The van der Waals surface area contributed by atoms with Gasteiger partial charge in [-0.15, -0.1) is 0 Å². The fourth-order valence-electron chi connectivity index (χ4n) is 2.69. The number of sulfonamides is 1. The number of thiophene rings is 1. The van der Waals surface area contributed by atoms with Gasteiger partial charge >= 0.3 is 0 Å². The lowest BCUT2D eigenvalue weighted by Gasteiger charge is -2.29. The quantitative estimate of drug-likeness (QED) is 0.646. The van der Waals surface area contributed by atoms with Crippen LogP contribution in [0, 0.1) is 0 Å². The van der Waals surface area contributed by atoms with Gasteiger partial charge in [-0.2, -0.15) is 11.3 Å². The highest BCUT2D eigenvalue weighted by atomic mass is 35.5. The van der Waals surface area contributed by atoms with E-state index in [4.69, 9.17) is 23.2 Å². The second-order valence-corrected chi connectivity index (χ2v) is 9.05. The van der Waals surface area contributed by atoms with Gasteiger partial charge in [0.15, 0.2) is 0 Å². The topological polar surface area (TPSA) is 49.4 Å². The molecule has 8 heteroatoms. The van der Waals surface area contributed by atoms with E-state index in [1.165, 1.54) is 0 Å². The maximum Gasteiger partial charge on any atom is 0.215 e. The van der Waals surface area contributed by atoms with Crippen LogP contribution in [0.4, 0.5) is 0 Å². The van der Waals surface area contributed by atoms with Gasteiger partial charge in [-0.3, -0.25) is 4.90 Å². The minimum atomic E-state index is -3.48. The van der Waals surface area contributed by atoms with Crippen LogP contribution < -0.4 is 4.72 Å². The summed E-state index contributed by atoms with van der Waals surface area (Å²) >= 11 is 13.5. The van der Waals surface area contributed by atoms with Crippen LogP contribution in [0.5, 0.6) is 0 Å². The van der Waals surface area contributed by atoms with E-state index in [2.05, 4.69) is 28.8 Å². The van der Waals surface area contributed by atoms with Gasteiger partial charge in [0.25, 0.3) is 0 Å². The van der Waals surface area contributed by atoms with Crippen molar-refractivity contribution in [1.29, 1.82) is 0 Å². The number of likely N-dealkylation sites (N-methyl/N-ethyl adjacent to an activating group) is 1. The van der Waals surface area contributed by atoms with Gasteiger partial charge < -0.3 is 0 Å². The number of hydrogen-bond acceptors (Lipinski definition) is 4. The Morgan fingerprint density at radius 1 is 1.16 bits per heavy atom. The molecule has 1 aromatic carbocycles. The Labute approximate surface area is 163 Å². The SMILES string of the molecule is CCN(CC)C(CNS(=O)(=O)Cc1ccc(Cl)c(Cl)c1)c1ccsc1. The van der Waals surface area contributed by atoms with Crippen LogP contribution in [0.3, 0.4) is 0 Å². The lowest BCUT2D eigenvalue weighted by Crippen LogP contribution is -2.38. The van der Waals surface area contributed by atoms with Crippen molar-refractivity contribution in [3.05, 3.63) is 56.2 Å². The maximum atomic E-state index is 12.5. The minimum Gasteiger partial charge on any atom is -0.296 e. The van der Waals surface area contributed by atoms with Crippen molar-refractivity contribution in [3.63, 3.8) is 0 Å². The van der Waals surface area contributed by atoms with Crippen LogP contribution in [0.1, 0.15) is 31.0 Å². The molecule has 1 atom stereocenters. The monoisotopic (exact) mass is 420 g/mol. The zero-order chi connectivity index (χ0) is 18.4. The van der Waals surface area contributed by atoms with E-state index in [-0.39, 0.29) is 11.8 Å². The highest BCUT2D eigenvalue weighted by molar-refractivity contribution is 7.88. The van der Waals surface area contributed by atoms with Crippen molar-refractivity contribution in [2.45, 2.75) is 25.6 Å². The average molecular weight is 421 g/mol. The molecule has 0 bridgehead atoms. The van der Waals surface area contributed by atoms with Crippen molar-refractivity contribution in [2.24, 2.45) is 0 Å². The molecular formula is C17H22Cl2N2O2S2. The van der Waals surface area contributed by atoms with E-state index in [0.29, 0.717) is 22.2 Å². The number of halogens is 2. The third-order valence-electron chi connectivity index (χ3n) is 4.02. The Kier molecular flexibility index (Phi) is 7.73. The first-order valence-corrected chi connectivity index (χ1v) is 11.4. The molecule has 4 nitrogen and oxygen atoms in total. The van der Waals surface area contributed by atoms with Crippen molar-refractivity contribution >= 4 is 44.6 Å². The van der Waals surface area contributed by atoms with Crippen LogP contribution in [-0.4, -0.2) is 33.0 Å². The van der Waals surface area contributed by atoms with E-state index in [1.807, 2.05) is 11.4 Å². The molecule has 25 heavy (non-hydrogen) atoms. The summed E-state index contributed by atoms with van der Waals surface area (Å²) in [4.78, 5) is 2.24.